The minimum absolute atomic E-state index is 0.139. The van der Waals surface area contributed by atoms with Gasteiger partial charge in [0.1, 0.15) is 5.82 Å². The van der Waals surface area contributed by atoms with Gasteiger partial charge in [-0.15, -0.1) is 0 Å². The van der Waals surface area contributed by atoms with Crippen LogP contribution in [0, 0.1) is 12.7 Å². The van der Waals surface area contributed by atoms with E-state index in [-0.39, 0.29) is 5.56 Å². The van der Waals surface area contributed by atoms with Gasteiger partial charge in [-0.25, -0.2) is 14.1 Å². The minimum atomic E-state index is -0.569. The molecule has 1 amide bonds. The molecule has 0 spiro atoms. The molecule has 0 saturated carbocycles. The fraction of sp³-hybridized carbons (Fsp3) is 0.320. The number of carbonyl (C=O) groups is 1. The first-order valence-electron chi connectivity index (χ1n) is 11.7. The van der Waals surface area contributed by atoms with Crippen molar-refractivity contribution in [3.05, 3.63) is 59.8 Å². The Hall–Kier alpha value is -4.12. The van der Waals surface area contributed by atoms with Crippen molar-refractivity contribution in [2.75, 3.05) is 43.1 Å². The molecule has 0 atom stereocenters. The molecule has 3 aromatic heterocycles. The lowest BCUT2D eigenvalue weighted by Gasteiger charge is -2.11. The Morgan fingerprint density at radius 1 is 1.14 bits per heavy atom. The normalized spacial score (nSPS) is 11.2. The monoisotopic (exact) mass is 491 g/mol. The van der Waals surface area contributed by atoms with Crippen molar-refractivity contribution in [1.29, 1.82) is 0 Å². The van der Waals surface area contributed by atoms with E-state index in [0.29, 0.717) is 23.1 Å². The predicted molar refractivity (Wildman–Crippen MR) is 139 cm³/mol. The van der Waals surface area contributed by atoms with Gasteiger partial charge in [0.25, 0.3) is 5.91 Å². The average molecular weight is 492 g/mol. The van der Waals surface area contributed by atoms with Crippen LogP contribution in [0.4, 0.5) is 27.5 Å². The number of nitrogens with zero attached hydrogens (tertiary/aromatic N) is 6. The first-order chi connectivity index (χ1) is 17.3. The second kappa shape index (κ2) is 11.1. The molecule has 188 valence electrons. The van der Waals surface area contributed by atoms with Crippen LogP contribution >= 0.6 is 0 Å². The summed E-state index contributed by atoms with van der Waals surface area (Å²) < 4.78 is 15.1. The van der Waals surface area contributed by atoms with E-state index < -0.39 is 11.7 Å². The van der Waals surface area contributed by atoms with Crippen LogP contribution in [-0.2, 0) is 7.05 Å². The van der Waals surface area contributed by atoms with Gasteiger partial charge < -0.3 is 20.9 Å². The van der Waals surface area contributed by atoms with Crippen LogP contribution in [0.15, 0.2) is 42.9 Å². The molecule has 0 aliphatic rings. The van der Waals surface area contributed by atoms with Crippen LogP contribution in [0.2, 0.25) is 0 Å². The number of aryl methyl sites for hydroxylation is 2. The Kier molecular flexibility index (Phi) is 7.69. The highest BCUT2D eigenvalue weighted by Gasteiger charge is 2.14. The molecule has 0 radical (unpaired) electrons. The number of pyridine rings is 1. The quantitative estimate of drug-likeness (QED) is 0.286. The van der Waals surface area contributed by atoms with Crippen LogP contribution < -0.4 is 16.0 Å². The van der Waals surface area contributed by atoms with E-state index in [1.807, 2.05) is 20.0 Å². The summed E-state index contributed by atoms with van der Waals surface area (Å²) in [4.78, 5) is 27.5. The van der Waals surface area contributed by atoms with E-state index in [2.05, 4.69) is 55.0 Å². The van der Waals surface area contributed by atoms with Crippen molar-refractivity contribution in [1.82, 2.24) is 29.6 Å². The third-order valence-corrected chi connectivity index (χ3v) is 5.61. The predicted octanol–water partition coefficient (Wildman–Crippen LogP) is 3.96. The van der Waals surface area contributed by atoms with E-state index in [0.717, 1.165) is 54.8 Å². The molecule has 0 aliphatic heterocycles. The van der Waals surface area contributed by atoms with Crippen LogP contribution in [0.3, 0.4) is 0 Å². The number of amides is 1. The fourth-order valence-electron chi connectivity index (χ4n) is 3.67. The van der Waals surface area contributed by atoms with E-state index in [9.17, 15) is 9.18 Å². The molecule has 0 unspecified atom stereocenters. The molecular weight excluding hydrogens is 461 g/mol. The lowest BCUT2D eigenvalue weighted by Crippen LogP contribution is -2.14. The lowest BCUT2D eigenvalue weighted by molar-refractivity contribution is 0.102. The molecule has 1 aromatic carbocycles. The standard InChI is InChI=1S/C25H30FN9O/c1-16-7-8-19(30-24(36)17-11-18(26)14-27-13-17)12-21(16)31-22-20-15-29-25(32-23(20)35(4)33-22)28-9-5-6-10-34(2)3/h7-8,11-15H,5-6,9-10H2,1-4H3,(H,30,36)(H,31,33)(H,28,29,32). The number of halogens is 1. The third-order valence-electron chi connectivity index (χ3n) is 5.61. The maximum Gasteiger partial charge on any atom is 0.257 e. The Bertz CT molecular complexity index is 1370. The van der Waals surface area contributed by atoms with Gasteiger partial charge in [-0.2, -0.15) is 10.1 Å². The number of fused-ring (bicyclic) bond motifs is 1. The number of hydrogen-bond donors (Lipinski definition) is 3. The largest absolute Gasteiger partial charge is 0.354 e. The zero-order valence-corrected chi connectivity index (χ0v) is 20.8. The molecule has 0 aliphatic carbocycles. The minimum Gasteiger partial charge on any atom is -0.354 e. The van der Waals surface area contributed by atoms with Gasteiger partial charge >= 0.3 is 0 Å². The summed E-state index contributed by atoms with van der Waals surface area (Å²) in [6.45, 7) is 3.79. The second-order valence-electron chi connectivity index (χ2n) is 8.84. The van der Waals surface area contributed by atoms with Crippen LogP contribution in [0.25, 0.3) is 11.0 Å². The third kappa shape index (κ3) is 6.11. The summed E-state index contributed by atoms with van der Waals surface area (Å²) in [5, 5.41) is 14.7. The smallest absolute Gasteiger partial charge is 0.257 e. The summed E-state index contributed by atoms with van der Waals surface area (Å²) in [5.74, 6) is 0.150. The van der Waals surface area contributed by atoms with E-state index in [1.54, 1.807) is 23.0 Å². The number of hydrogen-bond acceptors (Lipinski definition) is 8. The lowest BCUT2D eigenvalue weighted by atomic mass is 10.1. The molecule has 4 aromatic rings. The molecule has 36 heavy (non-hydrogen) atoms. The summed E-state index contributed by atoms with van der Waals surface area (Å²) in [6, 6.07) is 6.59. The Balaban J connectivity index is 1.47. The zero-order valence-electron chi connectivity index (χ0n) is 20.8. The fourth-order valence-corrected chi connectivity index (χ4v) is 3.67. The van der Waals surface area contributed by atoms with Crippen LogP contribution in [-0.4, -0.2) is 62.7 Å². The highest BCUT2D eigenvalue weighted by molar-refractivity contribution is 6.04. The van der Waals surface area contributed by atoms with Gasteiger partial charge in [0.2, 0.25) is 5.95 Å². The number of nitrogens with one attached hydrogen (secondary N) is 3. The summed E-state index contributed by atoms with van der Waals surface area (Å²) in [5.41, 5.74) is 3.10. The molecule has 0 saturated heterocycles. The van der Waals surface area contributed by atoms with Gasteiger partial charge in [0, 0.05) is 37.4 Å². The number of rotatable bonds is 10. The summed E-state index contributed by atoms with van der Waals surface area (Å²) in [7, 11) is 5.96. The molecule has 11 heteroatoms. The van der Waals surface area contributed by atoms with Crippen molar-refractivity contribution >= 4 is 40.1 Å². The molecule has 3 N–H and O–H groups in total. The number of aromatic nitrogens is 5. The summed E-state index contributed by atoms with van der Waals surface area (Å²) in [6.07, 6.45) is 6.24. The van der Waals surface area contributed by atoms with E-state index >= 15 is 0 Å². The molecule has 3 heterocycles. The van der Waals surface area contributed by atoms with E-state index in [1.165, 1.54) is 6.20 Å². The molecule has 0 fully saturated rings. The van der Waals surface area contributed by atoms with Gasteiger partial charge in [-0.05, 0) is 64.2 Å². The topological polar surface area (TPSA) is 113 Å². The van der Waals surface area contributed by atoms with Crippen molar-refractivity contribution in [2.24, 2.45) is 7.05 Å². The maximum atomic E-state index is 13.4. The molecule has 10 nitrogen and oxygen atoms in total. The number of unbranched alkanes of at least 4 members (excludes halogenated alkanes) is 1. The van der Waals surface area contributed by atoms with Gasteiger partial charge in [0.15, 0.2) is 11.5 Å². The molecule has 0 bridgehead atoms. The maximum absolute atomic E-state index is 13.4. The van der Waals surface area contributed by atoms with Gasteiger partial charge in [0.05, 0.1) is 17.1 Å². The van der Waals surface area contributed by atoms with Gasteiger partial charge in [-0.1, -0.05) is 6.07 Å². The Morgan fingerprint density at radius 3 is 2.75 bits per heavy atom. The Morgan fingerprint density at radius 2 is 1.97 bits per heavy atom. The van der Waals surface area contributed by atoms with Crippen molar-refractivity contribution in [2.45, 2.75) is 19.8 Å². The number of carbonyl (C=O) groups excluding carboxylic acids is 1. The van der Waals surface area contributed by atoms with Crippen molar-refractivity contribution in [3.8, 4) is 0 Å². The number of benzene rings is 1. The highest BCUT2D eigenvalue weighted by Crippen LogP contribution is 2.28. The average Bonchev–Trinajstić information content (AvgIpc) is 3.15. The highest BCUT2D eigenvalue weighted by atomic mass is 19.1. The molecule has 4 rings (SSSR count). The van der Waals surface area contributed by atoms with Gasteiger partial charge in [-0.3, -0.25) is 9.78 Å². The first kappa shape index (κ1) is 25.0. The van der Waals surface area contributed by atoms with Crippen molar-refractivity contribution < 1.29 is 9.18 Å². The van der Waals surface area contributed by atoms with Crippen LogP contribution in [0.5, 0.6) is 0 Å². The number of anilines is 4. The Labute approximate surface area is 209 Å². The SMILES string of the molecule is Cc1ccc(NC(=O)c2cncc(F)c2)cc1Nc1nn(C)c2nc(NCCCCN(C)C)ncc12. The summed E-state index contributed by atoms with van der Waals surface area (Å²) >= 11 is 0. The zero-order chi connectivity index (χ0) is 25.7. The van der Waals surface area contributed by atoms with Crippen molar-refractivity contribution in [3.63, 3.8) is 0 Å². The second-order valence-corrected chi connectivity index (χ2v) is 8.84. The van der Waals surface area contributed by atoms with Crippen LogP contribution in [0.1, 0.15) is 28.8 Å². The first-order valence-corrected chi connectivity index (χ1v) is 11.7. The van der Waals surface area contributed by atoms with E-state index in [4.69, 9.17) is 0 Å². The molecular formula is C25H30FN9O.